The number of carbonyl (C=O) groups excluding carboxylic acids is 1. The molecule has 1 amide bonds. The Morgan fingerprint density at radius 2 is 1.64 bits per heavy atom. The maximum absolute atomic E-state index is 12.2. The summed E-state index contributed by atoms with van der Waals surface area (Å²) in [4.78, 5) is 13.7. The molecule has 1 aliphatic rings. The van der Waals surface area contributed by atoms with Crippen LogP contribution in [0.2, 0.25) is 0 Å². The van der Waals surface area contributed by atoms with Crippen molar-refractivity contribution in [1.82, 2.24) is 4.90 Å². The molecule has 2 aromatic carbocycles. The molecule has 1 aliphatic heterocycles. The van der Waals surface area contributed by atoms with E-state index in [9.17, 15) is 9.90 Å². The molecule has 2 aromatic rings. The van der Waals surface area contributed by atoms with Gasteiger partial charge in [0, 0.05) is 19.2 Å². The van der Waals surface area contributed by atoms with E-state index in [1.54, 1.807) is 7.05 Å². The fourth-order valence-electron chi connectivity index (χ4n) is 2.89. The Hall–Kier alpha value is -2.39. The summed E-state index contributed by atoms with van der Waals surface area (Å²) in [5.74, 6) is -0.614. The first kappa shape index (κ1) is 14.5. The molecule has 3 heteroatoms. The fraction of sp³-hybridized carbons (Fsp3) is 0.211. The standard InChI is InChI=1S/C19H19NO2/c1-13-8-10-15(11-9-13)17-16(14-6-4-3-5-7-14)12-20(2)19(22)18(17)21/h3-12,17-18,21H,1-2H3/t17-,18+/m0/s1. The van der Waals surface area contributed by atoms with Gasteiger partial charge in [-0.25, -0.2) is 0 Å². The first-order chi connectivity index (χ1) is 10.6. The van der Waals surface area contributed by atoms with Crippen LogP contribution in [0, 0.1) is 6.92 Å². The van der Waals surface area contributed by atoms with Crippen LogP contribution in [0.3, 0.4) is 0 Å². The molecular weight excluding hydrogens is 274 g/mol. The van der Waals surface area contributed by atoms with Crippen molar-refractivity contribution in [3.05, 3.63) is 77.5 Å². The van der Waals surface area contributed by atoms with Crippen molar-refractivity contribution in [2.45, 2.75) is 18.9 Å². The minimum Gasteiger partial charge on any atom is -0.382 e. The highest BCUT2D eigenvalue weighted by atomic mass is 16.3. The SMILES string of the molecule is Cc1ccc([C@H]2C(c3ccccc3)=CN(C)C(=O)[C@@H]2O)cc1. The first-order valence-corrected chi connectivity index (χ1v) is 7.36. The number of amides is 1. The zero-order chi connectivity index (χ0) is 15.7. The lowest BCUT2D eigenvalue weighted by molar-refractivity contribution is -0.137. The highest BCUT2D eigenvalue weighted by Gasteiger charge is 2.36. The number of rotatable bonds is 2. The molecular formula is C19H19NO2. The number of benzene rings is 2. The maximum Gasteiger partial charge on any atom is 0.256 e. The summed E-state index contributed by atoms with van der Waals surface area (Å²) in [6.07, 6.45) is 0.766. The molecule has 3 nitrogen and oxygen atoms in total. The fourth-order valence-corrected chi connectivity index (χ4v) is 2.89. The topological polar surface area (TPSA) is 40.5 Å². The Balaban J connectivity index is 2.12. The quantitative estimate of drug-likeness (QED) is 0.925. The number of aliphatic hydroxyl groups excluding tert-OH is 1. The van der Waals surface area contributed by atoms with Gasteiger partial charge in [-0.1, -0.05) is 60.2 Å². The number of aliphatic hydroxyl groups is 1. The van der Waals surface area contributed by atoms with E-state index in [0.717, 1.165) is 22.3 Å². The summed E-state index contributed by atoms with van der Waals surface area (Å²) < 4.78 is 0. The van der Waals surface area contributed by atoms with Gasteiger partial charge in [-0.05, 0) is 23.6 Å². The molecule has 0 aromatic heterocycles. The summed E-state index contributed by atoms with van der Waals surface area (Å²) >= 11 is 0. The zero-order valence-electron chi connectivity index (χ0n) is 12.7. The third kappa shape index (κ3) is 2.55. The minimum atomic E-state index is -1.06. The average Bonchev–Trinajstić information content (AvgIpc) is 2.54. The normalized spacial score (nSPS) is 21.7. The number of likely N-dealkylation sites (N-methyl/N-ethyl adjacent to an activating group) is 1. The molecule has 0 spiro atoms. The van der Waals surface area contributed by atoms with Gasteiger partial charge in [-0.3, -0.25) is 4.79 Å². The first-order valence-electron chi connectivity index (χ1n) is 7.36. The van der Waals surface area contributed by atoms with E-state index < -0.39 is 6.10 Å². The van der Waals surface area contributed by atoms with Gasteiger partial charge < -0.3 is 10.0 Å². The van der Waals surface area contributed by atoms with Crippen LogP contribution in [0.5, 0.6) is 0 Å². The summed E-state index contributed by atoms with van der Waals surface area (Å²) in [6.45, 7) is 2.02. The summed E-state index contributed by atoms with van der Waals surface area (Å²) in [7, 11) is 1.68. The van der Waals surface area contributed by atoms with Crippen molar-refractivity contribution in [3.8, 4) is 0 Å². The lowest BCUT2D eigenvalue weighted by atomic mass is 9.80. The number of hydrogen-bond acceptors (Lipinski definition) is 2. The second-order valence-corrected chi connectivity index (χ2v) is 5.73. The van der Waals surface area contributed by atoms with E-state index in [1.807, 2.05) is 67.7 Å². The molecule has 0 aliphatic carbocycles. The number of aryl methyl sites for hydroxylation is 1. The van der Waals surface area contributed by atoms with Gasteiger partial charge >= 0.3 is 0 Å². The van der Waals surface area contributed by atoms with Crippen LogP contribution in [0.15, 0.2) is 60.8 Å². The molecule has 0 unspecified atom stereocenters. The Labute approximate surface area is 130 Å². The molecule has 2 atom stereocenters. The van der Waals surface area contributed by atoms with Crippen LogP contribution >= 0.6 is 0 Å². The highest BCUT2D eigenvalue weighted by Crippen LogP contribution is 2.38. The van der Waals surface area contributed by atoms with Crippen molar-refractivity contribution >= 4 is 11.5 Å². The average molecular weight is 293 g/mol. The molecule has 1 N–H and O–H groups in total. The van der Waals surface area contributed by atoms with E-state index in [0.29, 0.717) is 0 Å². The van der Waals surface area contributed by atoms with Crippen LogP contribution in [0.4, 0.5) is 0 Å². The summed E-state index contributed by atoms with van der Waals surface area (Å²) in [5, 5.41) is 10.5. The molecule has 0 saturated heterocycles. The van der Waals surface area contributed by atoms with Crippen molar-refractivity contribution in [2.75, 3.05) is 7.05 Å². The van der Waals surface area contributed by atoms with Gasteiger partial charge in [0.2, 0.25) is 0 Å². The predicted molar refractivity (Wildman–Crippen MR) is 87.1 cm³/mol. The van der Waals surface area contributed by atoms with E-state index in [2.05, 4.69) is 0 Å². The molecule has 0 bridgehead atoms. The Morgan fingerprint density at radius 3 is 2.27 bits per heavy atom. The summed E-state index contributed by atoms with van der Waals surface area (Å²) in [5.41, 5.74) is 4.09. The predicted octanol–water partition coefficient (Wildman–Crippen LogP) is 2.95. The van der Waals surface area contributed by atoms with Gasteiger partial charge in [0.25, 0.3) is 5.91 Å². The van der Waals surface area contributed by atoms with Gasteiger partial charge in [-0.15, -0.1) is 0 Å². The van der Waals surface area contributed by atoms with Gasteiger partial charge in [-0.2, -0.15) is 0 Å². The van der Waals surface area contributed by atoms with E-state index in [-0.39, 0.29) is 11.8 Å². The highest BCUT2D eigenvalue weighted by molar-refractivity contribution is 5.91. The van der Waals surface area contributed by atoms with Crippen LogP contribution in [-0.2, 0) is 4.79 Å². The van der Waals surface area contributed by atoms with Crippen molar-refractivity contribution < 1.29 is 9.90 Å². The van der Waals surface area contributed by atoms with E-state index in [1.165, 1.54) is 4.90 Å². The Kier molecular flexibility index (Phi) is 3.82. The van der Waals surface area contributed by atoms with E-state index in [4.69, 9.17) is 0 Å². The van der Waals surface area contributed by atoms with Gasteiger partial charge in [0.1, 0.15) is 6.10 Å². The third-order valence-electron chi connectivity index (χ3n) is 4.13. The number of nitrogens with zero attached hydrogens (tertiary/aromatic N) is 1. The third-order valence-corrected chi connectivity index (χ3v) is 4.13. The van der Waals surface area contributed by atoms with Crippen molar-refractivity contribution in [3.63, 3.8) is 0 Å². The minimum absolute atomic E-state index is 0.273. The molecule has 112 valence electrons. The lowest BCUT2D eigenvalue weighted by Gasteiger charge is -2.33. The smallest absolute Gasteiger partial charge is 0.256 e. The Morgan fingerprint density at radius 1 is 1.00 bits per heavy atom. The molecule has 22 heavy (non-hydrogen) atoms. The van der Waals surface area contributed by atoms with Crippen molar-refractivity contribution in [1.29, 1.82) is 0 Å². The second kappa shape index (κ2) is 5.78. The summed E-state index contributed by atoms with van der Waals surface area (Å²) in [6, 6.07) is 17.9. The zero-order valence-corrected chi connectivity index (χ0v) is 12.7. The number of hydrogen-bond donors (Lipinski definition) is 1. The molecule has 1 heterocycles. The largest absolute Gasteiger partial charge is 0.382 e. The van der Waals surface area contributed by atoms with Crippen LogP contribution in [0.25, 0.3) is 5.57 Å². The molecule has 0 saturated carbocycles. The van der Waals surface area contributed by atoms with Gasteiger partial charge in [0.15, 0.2) is 0 Å². The van der Waals surface area contributed by atoms with E-state index >= 15 is 0 Å². The second-order valence-electron chi connectivity index (χ2n) is 5.73. The lowest BCUT2D eigenvalue weighted by Crippen LogP contribution is -2.41. The Bertz CT molecular complexity index is 704. The maximum atomic E-state index is 12.2. The van der Waals surface area contributed by atoms with Crippen LogP contribution < -0.4 is 0 Å². The molecule has 0 fully saturated rings. The number of carbonyl (C=O) groups is 1. The van der Waals surface area contributed by atoms with Gasteiger partial charge in [0.05, 0.1) is 0 Å². The monoisotopic (exact) mass is 293 g/mol. The van der Waals surface area contributed by atoms with Crippen molar-refractivity contribution in [2.24, 2.45) is 0 Å². The van der Waals surface area contributed by atoms with Crippen LogP contribution in [-0.4, -0.2) is 29.1 Å². The molecule has 3 rings (SSSR count). The molecule has 0 radical (unpaired) electrons. The van der Waals surface area contributed by atoms with Crippen LogP contribution in [0.1, 0.15) is 22.6 Å².